The van der Waals surface area contributed by atoms with Crippen LogP contribution in [0.15, 0.2) is 0 Å². The molecule has 90 valence electrons. The van der Waals surface area contributed by atoms with Crippen LogP contribution in [0.4, 0.5) is 0 Å². The third-order valence-electron chi connectivity index (χ3n) is 3.61. The minimum Gasteiger partial charge on any atom is -0.393 e. The summed E-state index contributed by atoms with van der Waals surface area (Å²) in [5.41, 5.74) is 0. The summed E-state index contributed by atoms with van der Waals surface area (Å²) in [6.07, 6.45) is 8.02. The molecular weight excluding hydrogens is 188 g/mol. The molecule has 1 rings (SSSR count). The molecule has 0 aromatic rings. The van der Waals surface area contributed by atoms with Crippen LogP contribution in [-0.4, -0.2) is 23.9 Å². The van der Waals surface area contributed by atoms with E-state index in [2.05, 4.69) is 13.8 Å². The second-order valence-corrected chi connectivity index (χ2v) is 4.78. The number of hydrogen-bond donors (Lipinski definition) is 1. The molecule has 0 aliphatic carbocycles. The second kappa shape index (κ2) is 7.24. The Morgan fingerprint density at radius 1 is 1.33 bits per heavy atom. The van der Waals surface area contributed by atoms with Crippen molar-refractivity contribution >= 4 is 0 Å². The van der Waals surface area contributed by atoms with Gasteiger partial charge >= 0.3 is 0 Å². The van der Waals surface area contributed by atoms with Gasteiger partial charge in [0.2, 0.25) is 0 Å². The fourth-order valence-electron chi connectivity index (χ4n) is 2.37. The molecule has 2 nitrogen and oxygen atoms in total. The van der Waals surface area contributed by atoms with Crippen molar-refractivity contribution < 1.29 is 9.84 Å². The van der Waals surface area contributed by atoms with Crippen molar-refractivity contribution in [1.29, 1.82) is 0 Å². The van der Waals surface area contributed by atoms with E-state index in [0.29, 0.717) is 12.0 Å². The highest BCUT2D eigenvalue weighted by molar-refractivity contribution is 4.69. The molecule has 0 aromatic heterocycles. The molecule has 15 heavy (non-hydrogen) atoms. The summed E-state index contributed by atoms with van der Waals surface area (Å²) in [7, 11) is 0. The maximum Gasteiger partial charge on any atom is 0.0577 e. The summed E-state index contributed by atoms with van der Waals surface area (Å²) >= 11 is 0. The molecule has 2 heteroatoms. The highest BCUT2D eigenvalue weighted by Gasteiger charge is 2.18. The van der Waals surface area contributed by atoms with Gasteiger partial charge in [-0.2, -0.15) is 0 Å². The predicted octanol–water partition coefficient (Wildman–Crippen LogP) is 3.13. The number of ether oxygens (including phenoxy) is 1. The molecule has 1 fully saturated rings. The van der Waals surface area contributed by atoms with Crippen LogP contribution in [0.25, 0.3) is 0 Å². The van der Waals surface area contributed by atoms with Gasteiger partial charge in [0.15, 0.2) is 0 Å². The van der Waals surface area contributed by atoms with Crippen molar-refractivity contribution in [2.45, 2.75) is 71.0 Å². The van der Waals surface area contributed by atoms with Gasteiger partial charge in [-0.15, -0.1) is 0 Å². The molecule has 0 spiro atoms. The number of aliphatic hydroxyl groups is 1. The zero-order chi connectivity index (χ0) is 11.1. The van der Waals surface area contributed by atoms with Gasteiger partial charge in [-0.05, 0) is 38.0 Å². The van der Waals surface area contributed by atoms with Crippen LogP contribution in [0, 0.1) is 5.92 Å². The Labute approximate surface area is 94.0 Å². The van der Waals surface area contributed by atoms with Gasteiger partial charge in [-0.3, -0.25) is 0 Å². The van der Waals surface area contributed by atoms with Crippen molar-refractivity contribution in [3.8, 4) is 0 Å². The quantitative estimate of drug-likeness (QED) is 0.705. The van der Waals surface area contributed by atoms with Gasteiger partial charge in [-0.25, -0.2) is 0 Å². The fourth-order valence-corrected chi connectivity index (χ4v) is 2.37. The van der Waals surface area contributed by atoms with Crippen LogP contribution in [-0.2, 0) is 4.74 Å². The Morgan fingerprint density at radius 2 is 2.07 bits per heavy atom. The average molecular weight is 214 g/mol. The molecular formula is C13H26O2. The van der Waals surface area contributed by atoms with Crippen LogP contribution < -0.4 is 0 Å². The lowest BCUT2D eigenvalue weighted by Crippen LogP contribution is -2.16. The lowest BCUT2D eigenvalue weighted by atomic mass is 9.93. The zero-order valence-corrected chi connectivity index (χ0v) is 10.2. The molecule has 1 N–H and O–H groups in total. The number of aliphatic hydroxyl groups excluding tert-OH is 1. The minimum atomic E-state index is -0.112. The van der Waals surface area contributed by atoms with E-state index in [0.717, 1.165) is 25.9 Å². The summed E-state index contributed by atoms with van der Waals surface area (Å²) in [4.78, 5) is 0. The van der Waals surface area contributed by atoms with E-state index in [1.807, 2.05) is 0 Å². The van der Waals surface area contributed by atoms with E-state index >= 15 is 0 Å². The number of rotatable bonds is 7. The predicted molar refractivity (Wildman–Crippen MR) is 62.9 cm³/mol. The van der Waals surface area contributed by atoms with E-state index in [4.69, 9.17) is 4.74 Å². The van der Waals surface area contributed by atoms with Crippen LogP contribution >= 0.6 is 0 Å². The first-order chi connectivity index (χ1) is 7.26. The monoisotopic (exact) mass is 214 g/mol. The maximum absolute atomic E-state index is 9.89. The lowest BCUT2D eigenvalue weighted by Gasteiger charge is -2.18. The highest BCUT2D eigenvalue weighted by Crippen LogP contribution is 2.21. The first-order valence-electron chi connectivity index (χ1n) is 6.55. The van der Waals surface area contributed by atoms with E-state index in [9.17, 15) is 5.11 Å². The smallest absolute Gasteiger partial charge is 0.0577 e. The summed E-state index contributed by atoms with van der Waals surface area (Å²) in [5.74, 6) is 0.699. The molecule has 1 aliphatic heterocycles. The summed E-state index contributed by atoms with van der Waals surface area (Å²) in [6.45, 7) is 5.34. The summed E-state index contributed by atoms with van der Waals surface area (Å²) in [5, 5.41) is 9.89. The van der Waals surface area contributed by atoms with Crippen molar-refractivity contribution in [2.75, 3.05) is 6.61 Å². The first kappa shape index (κ1) is 13.0. The normalized spacial score (nSPS) is 23.6. The fraction of sp³-hybridized carbons (Fsp3) is 1.00. The average Bonchev–Trinajstić information content (AvgIpc) is 2.75. The first-order valence-corrected chi connectivity index (χ1v) is 6.55. The van der Waals surface area contributed by atoms with Gasteiger partial charge < -0.3 is 9.84 Å². The SMILES string of the molecule is CCC(CC)CC(O)CCC1CCCO1. The van der Waals surface area contributed by atoms with E-state index < -0.39 is 0 Å². The van der Waals surface area contributed by atoms with Crippen molar-refractivity contribution in [2.24, 2.45) is 5.92 Å². The molecule has 0 saturated carbocycles. The molecule has 0 radical (unpaired) electrons. The van der Waals surface area contributed by atoms with Crippen LogP contribution in [0.5, 0.6) is 0 Å². The largest absolute Gasteiger partial charge is 0.393 e. The van der Waals surface area contributed by atoms with E-state index in [-0.39, 0.29) is 6.10 Å². The van der Waals surface area contributed by atoms with Gasteiger partial charge in [0.1, 0.15) is 0 Å². The molecule has 2 unspecified atom stereocenters. The third kappa shape index (κ3) is 4.98. The van der Waals surface area contributed by atoms with Gasteiger partial charge in [0.25, 0.3) is 0 Å². The summed E-state index contributed by atoms with van der Waals surface area (Å²) < 4.78 is 5.55. The number of hydrogen-bond acceptors (Lipinski definition) is 2. The van der Waals surface area contributed by atoms with Crippen LogP contribution in [0.2, 0.25) is 0 Å². The Balaban J connectivity index is 2.08. The topological polar surface area (TPSA) is 29.5 Å². The van der Waals surface area contributed by atoms with Crippen molar-refractivity contribution in [3.05, 3.63) is 0 Å². The van der Waals surface area contributed by atoms with Gasteiger partial charge in [0.05, 0.1) is 12.2 Å². The van der Waals surface area contributed by atoms with E-state index in [1.165, 1.54) is 25.7 Å². The Morgan fingerprint density at radius 3 is 2.60 bits per heavy atom. The standard InChI is InChI=1S/C13H26O2/c1-3-11(4-2)10-12(14)7-8-13-6-5-9-15-13/h11-14H,3-10H2,1-2H3. The molecule has 0 bridgehead atoms. The Kier molecular flexibility index (Phi) is 6.26. The Bertz CT molecular complexity index is 149. The molecule has 2 atom stereocenters. The molecule has 1 heterocycles. The molecule has 0 aromatic carbocycles. The lowest BCUT2D eigenvalue weighted by molar-refractivity contribution is 0.0728. The van der Waals surface area contributed by atoms with Crippen LogP contribution in [0.3, 0.4) is 0 Å². The minimum absolute atomic E-state index is 0.112. The maximum atomic E-state index is 9.89. The third-order valence-corrected chi connectivity index (χ3v) is 3.61. The van der Waals surface area contributed by atoms with Crippen molar-refractivity contribution in [1.82, 2.24) is 0 Å². The highest BCUT2D eigenvalue weighted by atomic mass is 16.5. The molecule has 0 amide bonds. The zero-order valence-electron chi connectivity index (χ0n) is 10.2. The summed E-state index contributed by atoms with van der Waals surface area (Å²) in [6, 6.07) is 0. The van der Waals surface area contributed by atoms with E-state index in [1.54, 1.807) is 0 Å². The van der Waals surface area contributed by atoms with Crippen LogP contribution in [0.1, 0.15) is 58.8 Å². The van der Waals surface area contributed by atoms with Crippen molar-refractivity contribution in [3.63, 3.8) is 0 Å². The Hall–Kier alpha value is -0.0800. The van der Waals surface area contributed by atoms with Gasteiger partial charge in [-0.1, -0.05) is 26.7 Å². The molecule has 1 aliphatic rings. The molecule has 1 saturated heterocycles. The second-order valence-electron chi connectivity index (χ2n) is 4.78. The van der Waals surface area contributed by atoms with Gasteiger partial charge in [0, 0.05) is 6.61 Å².